The number of para-hydroxylation sites is 1. The fourth-order valence-electron chi connectivity index (χ4n) is 2.57. The van der Waals surface area contributed by atoms with Gasteiger partial charge in [0, 0.05) is 10.9 Å². The minimum Gasteiger partial charge on any atom is -0.497 e. The van der Waals surface area contributed by atoms with Gasteiger partial charge < -0.3 is 4.74 Å². The average molecular weight is 400 g/mol. The lowest BCUT2D eigenvalue weighted by atomic mass is 10.2. The molecule has 0 fully saturated rings. The summed E-state index contributed by atoms with van der Waals surface area (Å²) in [5.74, 6) is 0.767. The molecule has 0 N–H and O–H groups in total. The highest BCUT2D eigenvalue weighted by molar-refractivity contribution is 7.13. The summed E-state index contributed by atoms with van der Waals surface area (Å²) in [6, 6.07) is 14.7. The SMILES string of the molecule is COc1cccc(-c2nc(Cn3nnn(-c4ccccc4Cl)c3=O)cs2)c1. The van der Waals surface area contributed by atoms with Gasteiger partial charge in [-0.05, 0) is 34.7 Å². The molecule has 0 spiro atoms. The Morgan fingerprint density at radius 2 is 2.00 bits per heavy atom. The molecule has 27 heavy (non-hydrogen) atoms. The van der Waals surface area contributed by atoms with Crippen molar-refractivity contribution in [3.63, 3.8) is 0 Å². The van der Waals surface area contributed by atoms with E-state index in [4.69, 9.17) is 16.3 Å². The van der Waals surface area contributed by atoms with Gasteiger partial charge in [-0.25, -0.2) is 9.78 Å². The summed E-state index contributed by atoms with van der Waals surface area (Å²) in [7, 11) is 1.63. The van der Waals surface area contributed by atoms with Gasteiger partial charge in [0.15, 0.2) is 0 Å². The molecule has 0 aliphatic rings. The number of nitrogens with zero attached hydrogens (tertiary/aromatic N) is 5. The van der Waals surface area contributed by atoms with Crippen molar-refractivity contribution in [1.82, 2.24) is 24.8 Å². The molecular formula is C18H14ClN5O2S. The summed E-state index contributed by atoms with van der Waals surface area (Å²) in [5.41, 5.74) is 1.80. The van der Waals surface area contributed by atoms with Crippen LogP contribution in [0.5, 0.6) is 5.75 Å². The van der Waals surface area contributed by atoms with Crippen LogP contribution in [0.2, 0.25) is 5.02 Å². The lowest BCUT2D eigenvalue weighted by Crippen LogP contribution is -2.25. The zero-order chi connectivity index (χ0) is 18.8. The average Bonchev–Trinajstić information content (AvgIpc) is 3.30. The quantitative estimate of drug-likeness (QED) is 0.515. The monoisotopic (exact) mass is 399 g/mol. The van der Waals surface area contributed by atoms with E-state index < -0.39 is 0 Å². The molecule has 0 atom stereocenters. The number of hydrogen-bond donors (Lipinski definition) is 0. The van der Waals surface area contributed by atoms with Crippen LogP contribution >= 0.6 is 22.9 Å². The van der Waals surface area contributed by atoms with Crippen LogP contribution in [0, 0.1) is 0 Å². The number of halogens is 1. The number of hydrogen-bond acceptors (Lipinski definition) is 6. The molecule has 0 bridgehead atoms. The van der Waals surface area contributed by atoms with Crippen LogP contribution in [0.3, 0.4) is 0 Å². The molecule has 2 heterocycles. The topological polar surface area (TPSA) is 74.8 Å². The van der Waals surface area contributed by atoms with Gasteiger partial charge in [-0.3, -0.25) is 0 Å². The molecule has 4 aromatic rings. The van der Waals surface area contributed by atoms with E-state index in [9.17, 15) is 4.79 Å². The van der Waals surface area contributed by atoms with Crippen LogP contribution in [0.1, 0.15) is 5.69 Å². The Morgan fingerprint density at radius 1 is 1.15 bits per heavy atom. The zero-order valence-electron chi connectivity index (χ0n) is 14.2. The van der Waals surface area contributed by atoms with E-state index in [0.717, 1.165) is 22.0 Å². The zero-order valence-corrected chi connectivity index (χ0v) is 15.8. The Kier molecular flexibility index (Phi) is 4.74. The van der Waals surface area contributed by atoms with Crippen molar-refractivity contribution in [3.05, 3.63) is 75.1 Å². The van der Waals surface area contributed by atoms with Gasteiger partial charge in [0.2, 0.25) is 0 Å². The van der Waals surface area contributed by atoms with Gasteiger partial charge in [-0.2, -0.15) is 9.36 Å². The molecule has 0 saturated heterocycles. The van der Waals surface area contributed by atoms with Crippen LogP contribution in [0.15, 0.2) is 58.7 Å². The minimum atomic E-state index is -0.376. The predicted octanol–water partition coefficient (Wildman–Crippen LogP) is 3.26. The largest absolute Gasteiger partial charge is 0.497 e. The van der Waals surface area contributed by atoms with Crippen LogP contribution in [0.25, 0.3) is 16.3 Å². The maximum absolute atomic E-state index is 12.6. The molecule has 136 valence electrons. The summed E-state index contributed by atoms with van der Waals surface area (Å²) >= 11 is 7.63. The van der Waals surface area contributed by atoms with Crippen molar-refractivity contribution in [1.29, 1.82) is 0 Å². The summed E-state index contributed by atoms with van der Waals surface area (Å²) in [4.78, 5) is 17.2. The fraction of sp³-hybridized carbons (Fsp3) is 0.111. The summed E-state index contributed by atoms with van der Waals surface area (Å²) in [5, 5.41) is 11.0. The number of aromatic nitrogens is 5. The first-order chi connectivity index (χ1) is 13.2. The lowest BCUT2D eigenvalue weighted by molar-refractivity contribution is 0.415. The second-order valence-electron chi connectivity index (χ2n) is 5.66. The Labute approximate surface area is 163 Å². The third kappa shape index (κ3) is 3.49. The minimum absolute atomic E-state index is 0.226. The Bertz CT molecular complexity index is 1150. The molecule has 0 aliphatic carbocycles. The molecule has 2 aromatic heterocycles. The molecule has 0 aliphatic heterocycles. The Balaban J connectivity index is 1.60. The van der Waals surface area contributed by atoms with Crippen LogP contribution in [0.4, 0.5) is 0 Å². The standard InChI is InChI=1S/C18H14ClN5O2S/c1-26-14-6-4-5-12(9-14)17-20-13(11-27-17)10-23-18(25)24(22-21-23)16-8-3-2-7-15(16)19/h2-9,11H,10H2,1H3. The molecular weight excluding hydrogens is 386 g/mol. The molecule has 2 aromatic carbocycles. The highest BCUT2D eigenvalue weighted by atomic mass is 35.5. The van der Waals surface area contributed by atoms with Crippen LogP contribution < -0.4 is 10.4 Å². The van der Waals surface area contributed by atoms with E-state index in [1.165, 1.54) is 20.7 Å². The maximum Gasteiger partial charge on any atom is 0.368 e. The third-order valence-electron chi connectivity index (χ3n) is 3.90. The van der Waals surface area contributed by atoms with Crippen LogP contribution in [-0.2, 0) is 6.54 Å². The van der Waals surface area contributed by atoms with Gasteiger partial charge in [0.1, 0.15) is 10.8 Å². The van der Waals surface area contributed by atoms with Gasteiger partial charge >= 0.3 is 5.69 Å². The van der Waals surface area contributed by atoms with Gasteiger partial charge in [-0.1, -0.05) is 35.9 Å². The number of benzene rings is 2. The first kappa shape index (κ1) is 17.4. The highest BCUT2D eigenvalue weighted by Gasteiger charge is 2.13. The Morgan fingerprint density at radius 3 is 2.81 bits per heavy atom. The molecule has 9 heteroatoms. The molecule has 0 amide bonds. The Hall–Kier alpha value is -2.97. The number of ether oxygens (including phenoxy) is 1. The van der Waals surface area contributed by atoms with E-state index in [1.807, 2.05) is 29.6 Å². The van der Waals surface area contributed by atoms with Crippen molar-refractivity contribution in [2.24, 2.45) is 0 Å². The lowest BCUT2D eigenvalue weighted by Gasteiger charge is -2.01. The molecule has 0 radical (unpaired) electrons. The van der Waals surface area contributed by atoms with E-state index in [0.29, 0.717) is 10.7 Å². The summed E-state index contributed by atoms with van der Waals surface area (Å²) in [6.45, 7) is 0.226. The molecule has 0 saturated carbocycles. The fourth-order valence-corrected chi connectivity index (χ4v) is 3.59. The van der Waals surface area contributed by atoms with Gasteiger partial charge in [-0.15, -0.1) is 11.3 Å². The summed E-state index contributed by atoms with van der Waals surface area (Å²) in [6.07, 6.45) is 0. The van der Waals surface area contributed by atoms with Crippen LogP contribution in [-0.4, -0.2) is 31.9 Å². The molecule has 4 rings (SSSR count). The van der Waals surface area contributed by atoms with E-state index in [2.05, 4.69) is 15.4 Å². The number of tetrazole rings is 1. The first-order valence-corrected chi connectivity index (χ1v) is 9.28. The third-order valence-corrected chi connectivity index (χ3v) is 5.16. The number of methoxy groups -OCH3 is 1. The van der Waals surface area contributed by atoms with Crippen molar-refractivity contribution in [2.75, 3.05) is 7.11 Å². The van der Waals surface area contributed by atoms with Crippen molar-refractivity contribution < 1.29 is 4.74 Å². The second-order valence-corrected chi connectivity index (χ2v) is 6.92. The predicted molar refractivity (Wildman–Crippen MR) is 104 cm³/mol. The van der Waals surface area contributed by atoms with Crippen molar-refractivity contribution in [2.45, 2.75) is 6.54 Å². The van der Waals surface area contributed by atoms with E-state index in [-0.39, 0.29) is 12.2 Å². The number of thiazole rings is 1. The van der Waals surface area contributed by atoms with E-state index >= 15 is 0 Å². The van der Waals surface area contributed by atoms with E-state index in [1.54, 1.807) is 31.4 Å². The molecule has 7 nitrogen and oxygen atoms in total. The molecule has 0 unspecified atom stereocenters. The van der Waals surface area contributed by atoms with Gasteiger partial charge in [0.05, 0.1) is 30.1 Å². The normalized spacial score (nSPS) is 10.9. The highest BCUT2D eigenvalue weighted by Crippen LogP contribution is 2.27. The first-order valence-electron chi connectivity index (χ1n) is 8.02. The second kappa shape index (κ2) is 7.34. The van der Waals surface area contributed by atoms with Crippen molar-refractivity contribution >= 4 is 22.9 Å². The number of rotatable bonds is 5. The summed E-state index contributed by atoms with van der Waals surface area (Å²) < 4.78 is 7.68. The smallest absolute Gasteiger partial charge is 0.368 e. The van der Waals surface area contributed by atoms with Crippen molar-refractivity contribution in [3.8, 4) is 22.0 Å². The maximum atomic E-state index is 12.6. The van der Waals surface area contributed by atoms with Gasteiger partial charge in [0.25, 0.3) is 0 Å².